The summed E-state index contributed by atoms with van der Waals surface area (Å²) in [6, 6.07) is 0. The Morgan fingerprint density at radius 2 is 1.46 bits per heavy atom. The van der Waals surface area contributed by atoms with Crippen molar-refractivity contribution in [3.8, 4) is 0 Å². The van der Waals surface area contributed by atoms with E-state index in [1.165, 1.54) is 0 Å². The van der Waals surface area contributed by atoms with Gasteiger partial charge in [-0.2, -0.15) is 0 Å². The number of carbonyl (C=O) groups is 3. The van der Waals surface area contributed by atoms with Gasteiger partial charge in [0.05, 0.1) is 27.6 Å². The third-order valence-corrected chi connectivity index (χ3v) is 2.70. The van der Waals surface area contributed by atoms with Crippen molar-refractivity contribution in [3.63, 3.8) is 0 Å². The zero-order valence-electron chi connectivity index (χ0n) is 14.8. The summed E-state index contributed by atoms with van der Waals surface area (Å²) in [5.74, 6) is -12.1. The van der Waals surface area contributed by atoms with Gasteiger partial charge in [0.1, 0.15) is 12.6 Å². The number of hydrogen-bond donors (Lipinski definition) is 7. The van der Waals surface area contributed by atoms with E-state index in [9.17, 15) is 19.5 Å². The maximum absolute atomic E-state index is 10.1. The first kappa shape index (κ1) is 30.2. The van der Waals surface area contributed by atoms with E-state index in [1.54, 1.807) is 0 Å². The number of aliphatic hydroxyl groups is 5. The number of carbonyl (C=O) groups excluding carboxylic acids is 1. The number of carboxylic acids is 3. The normalized spacial score (nSPS) is 12.9. The summed E-state index contributed by atoms with van der Waals surface area (Å²) in [6.07, 6.45) is -2.93. The SMILES string of the molecule is C[N+](C)(C)C[C@H](O)CC(=O)[O-].O=C(O)CCC(O)(O)C(O)(O)C(=O)O.[Ca]. The Labute approximate surface area is 179 Å². The van der Waals surface area contributed by atoms with Crippen LogP contribution in [0.15, 0.2) is 0 Å². The number of nitrogens with zero attached hydrogens (tertiary/aromatic N) is 1. The smallest absolute Gasteiger partial charge is 0.370 e. The second kappa shape index (κ2) is 12.0. The topological polar surface area (TPSA) is 216 Å². The van der Waals surface area contributed by atoms with E-state index in [0.29, 0.717) is 11.0 Å². The van der Waals surface area contributed by atoms with Gasteiger partial charge in [-0.1, -0.05) is 0 Å². The number of aliphatic carboxylic acids is 3. The van der Waals surface area contributed by atoms with Crippen LogP contribution < -0.4 is 5.11 Å². The fourth-order valence-electron chi connectivity index (χ4n) is 1.52. The fourth-order valence-corrected chi connectivity index (χ4v) is 1.52. The Bertz CT molecular complexity index is 473. The Balaban J connectivity index is -0.000000402. The quantitative estimate of drug-likeness (QED) is 0.108. The van der Waals surface area contributed by atoms with Crippen LogP contribution in [0.1, 0.15) is 19.3 Å². The molecule has 0 aliphatic heterocycles. The van der Waals surface area contributed by atoms with Crippen molar-refractivity contribution in [3.05, 3.63) is 0 Å². The Morgan fingerprint density at radius 3 is 1.73 bits per heavy atom. The summed E-state index contributed by atoms with van der Waals surface area (Å²) >= 11 is 0. The maximum Gasteiger partial charge on any atom is 0.370 e. The Hall–Kier alpha value is -0.570. The molecule has 0 saturated carbocycles. The molecule has 1 atom stereocenters. The van der Waals surface area contributed by atoms with Crippen molar-refractivity contribution in [2.75, 3.05) is 27.7 Å². The maximum atomic E-state index is 10.1. The summed E-state index contributed by atoms with van der Waals surface area (Å²) in [5, 5.41) is 70.6. The second-order valence-corrected chi connectivity index (χ2v) is 6.39. The van der Waals surface area contributed by atoms with Crippen molar-refractivity contribution in [2.24, 2.45) is 0 Å². The van der Waals surface area contributed by atoms with Gasteiger partial charge in [0.2, 0.25) is 5.79 Å². The Kier molecular flexibility index (Phi) is 13.9. The average molecular weight is 411 g/mol. The number of likely N-dealkylation sites (N-methyl/N-ethyl adjacent to an activating group) is 1. The van der Waals surface area contributed by atoms with Crippen LogP contribution in [0.5, 0.6) is 0 Å². The summed E-state index contributed by atoms with van der Waals surface area (Å²) in [6.45, 7) is 0.425. The molecule has 12 nitrogen and oxygen atoms in total. The molecule has 150 valence electrons. The van der Waals surface area contributed by atoms with Crippen LogP contribution in [0.25, 0.3) is 0 Å². The Morgan fingerprint density at radius 1 is 1.04 bits per heavy atom. The van der Waals surface area contributed by atoms with E-state index in [0.717, 1.165) is 0 Å². The van der Waals surface area contributed by atoms with Crippen LogP contribution in [-0.2, 0) is 14.4 Å². The van der Waals surface area contributed by atoms with E-state index < -0.39 is 48.4 Å². The minimum Gasteiger partial charge on any atom is -0.550 e. The largest absolute Gasteiger partial charge is 0.550 e. The molecule has 0 bridgehead atoms. The van der Waals surface area contributed by atoms with E-state index >= 15 is 0 Å². The molecule has 0 unspecified atom stereocenters. The van der Waals surface area contributed by atoms with E-state index in [-0.39, 0.29) is 44.2 Å². The number of carboxylic acid groups (broad SMARTS) is 3. The molecule has 26 heavy (non-hydrogen) atoms. The average Bonchev–Trinajstić information content (AvgIpc) is 2.33. The van der Waals surface area contributed by atoms with Gasteiger partial charge in [-0.05, 0) is 0 Å². The standard InChI is InChI=1S/C7H15NO3.C6H10O8.Ca/c1-8(2,3)5-6(9)4-7(10)11;7-3(8)1-2-5(11,12)6(13,14)4(9)10;/h6,9H,4-5H2,1-3H3;11-14H,1-2H2,(H,7,8)(H,9,10);/t6-;;/m1../s1. The molecule has 0 rings (SSSR count). The molecular formula is C13H25CaNO11. The molecule has 0 saturated heterocycles. The van der Waals surface area contributed by atoms with Crippen LogP contribution in [-0.4, -0.2) is 141 Å². The van der Waals surface area contributed by atoms with Gasteiger partial charge in [-0.3, -0.25) is 4.79 Å². The number of quaternary nitrogens is 1. The number of aliphatic hydroxyl groups excluding tert-OH is 1. The molecule has 0 aromatic rings. The van der Waals surface area contributed by atoms with Gasteiger partial charge >= 0.3 is 17.7 Å². The van der Waals surface area contributed by atoms with Crippen LogP contribution >= 0.6 is 0 Å². The molecule has 13 heteroatoms. The minimum absolute atomic E-state index is 0. The van der Waals surface area contributed by atoms with E-state index in [2.05, 4.69) is 0 Å². The third kappa shape index (κ3) is 13.6. The van der Waals surface area contributed by atoms with Gasteiger partial charge in [-0.25, -0.2) is 4.79 Å². The summed E-state index contributed by atoms with van der Waals surface area (Å²) in [4.78, 5) is 30.2. The summed E-state index contributed by atoms with van der Waals surface area (Å²) in [7, 11) is 5.66. The van der Waals surface area contributed by atoms with Crippen molar-refractivity contribution < 1.29 is 59.7 Å². The predicted octanol–water partition coefficient (Wildman–Crippen LogP) is -4.89. The van der Waals surface area contributed by atoms with Crippen molar-refractivity contribution in [2.45, 2.75) is 36.9 Å². The molecule has 0 heterocycles. The van der Waals surface area contributed by atoms with E-state index in [1.807, 2.05) is 21.1 Å². The van der Waals surface area contributed by atoms with Crippen molar-refractivity contribution >= 4 is 55.6 Å². The fraction of sp³-hybridized carbons (Fsp3) is 0.769. The molecule has 0 aliphatic rings. The molecule has 0 aliphatic carbocycles. The molecule has 2 radical (unpaired) electrons. The summed E-state index contributed by atoms with van der Waals surface area (Å²) in [5.41, 5.74) is 0. The van der Waals surface area contributed by atoms with Crippen LogP contribution in [0.3, 0.4) is 0 Å². The zero-order valence-corrected chi connectivity index (χ0v) is 17.0. The van der Waals surface area contributed by atoms with E-state index in [4.69, 9.17) is 35.7 Å². The van der Waals surface area contributed by atoms with Gasteiger partial charge in [0.25, 0.3) is 0 Å². The first-order valence-corrected chi connectivity index (χ1v) is 6.95. The first-order valence-electron chi connectivity index (χ1n) is 6.95. The van der Waals surface area contributed by atoms with Gasteiger partial charge < -0.3 is 50.1 Å². The van der Waals surface area contributed by atoms with Crippen LogP contribution in [0.2, 0.25) is 0 Å². The monoisotopic (exact) mass is 411 g/mol. The van der Waals surface area contributed by atoms with Crippen LogP contribution in [0, 0.1) is 0 Å². The molecule has 0 aromatic carbocycles. The van der Waals surface area contributed by atoms with Crippen LogP contribution in [0.4, 0.5) is 0 Å². The number of hydrogen-bond acceptors (Lipinski definition) is 9. The number of rotatable bonds is 9. The minimum atomic E-state index is -3.80. The van der Waals surface area contributed by atoms with Crippen molar-refractivity contribution in [1.82, 2.24) is 0 Å². The van der Waals surface area contributed by atoms with Crippen molar-refractivity contribution in [1.29, 1.82) is 0 Å². The second-order valence-electron chi connectivity index (χ2n) is 6.39. The predicted molar refractivity (Wildman–Crippen MR) is 83.1 cm³/mol. The zero-order chi connectivity index (χ0) is 20.6. The van der Waals surface area contributed by atoms with Gasteiger partial charge in [0, 0.05) is 56.5 Å². The van der Waals surface area contributed by atoms with Gasteiger partial charge in [0.15, 0.2) is 0 Å². The third-order valence-electron chi connectivity index (χ3n) is 2.70. The molecule has 0 amide bonds. The molecular weight excluding hydrogens is 386 g/mol. The first-order chi connectivity index (χ1) is 10.9. The summed E-state index contributed by atoms with van der Waals surface area (Å²) < 4.78 is 0.550. The molecule has 0 fully saturated rings. The molecule has 0 spiro atoms. The van der Waals surface area contributed by atoms with Gasteiger partial charge in [-0.15, -0.1) is 0 Å². The molecule has 7 N–H and O–H groups in total. The molecule has 0 aromatic heterocycles.